The van der Waals surface area contributed by atoms with Crippen LogP contribution in [-0.2, 0) is 4.57 Å². The topological polar surface area (TPSA) is 20.3 Å². The molecule has 1 aliphatic rings. The molecule has 0 radical (unpaired) electrons. The molecule has 1 aromatic carbocycles. The zero-order chi connectivity index (χ0) is 10.0. The Morgan fingerprint density at radius 3 is 2.29 bits per heavy atom. The third-order valence-corrected chi connectivity index (χ3v) is 6.06. The van der Waals surface area contributed by atoms with Crippen molar-refractivity contribution in [1.82, 2.24) is 4.42 Å². The van der Waals surface area contributed by atoms with Gasteiger partial charge in [-0.25, -0.2) is 4.42 Å². The van der Waals surface area contributed by atoms with Crippen LogP contribution in [0.1, 0.15) is 0 Å². The van der Waals surface area contributed by atoms with Crippen molar-refractivity contribution < 1.29 is 4.57 Å². The first-order valence-electron chi connectivity index (χ1n) is 4.75. The van der Waals surface area contributed by atoms with Crippen molar-refractivity contribution in [2.45, 2.75) is 0 Å². The quantitative estimate of drug-likeness (QED) is 0.543. The molecule has 0 N–H and O–H groups in total. The van der Waals surface area contributed by atoms with E-state index in [4.69, 9.17) is 11.8 Å². The van der Waals surface area contributed by atoms with Crippen LogP contribution in [0, 0.1) is 0 Å². The standard InChI is InChI=1S/C10H13ClNOP/c11-12-6-8-14(13,9-7-12)10-4-2-1-3-5-10/h1-5H,6-9H2. The van der Waals surface area contributed by atoms with E-state index in [1.807, 2.05) is 30.3 Å². The monoisotopic (exact) mass is 229 g/mol. The molecule has 1 saturated heterocycles. The van der Waals surface area contributed by atoms with Crippen molar-refractivity contribution in [3.05, 3.63) is 30.3 Å². The zero-order valence-corrected chi connectivity index (χ0v) is 9.55. The maximum atomic E-state index is 12.5. The fourth-order valence-corrected chi connectivity index (χ4v) is 4.71. The van der Waals surface area contributed by atoms with Gasteiger partial charge in [0.2, 0.25) is 0 Å². The van der Waals surface area contributed by atoms with Crippen LogP contribution >= 0.6 is 18.9 Å². The molecule has 0 aromatic heterocycles. The van der Waals surface area contributed by atoms with Gasteiger partial charge in [-0.2, -0.15) is 0 Å². The van der Waals surface area contributed by atoms with Crippen LogP contribution < -0.4 is 5.30 Å². The number of halogens is 1. The van der Waals surface area contributed by atoms with Gasteiger partial charge in [0.25, 0.3) is 0 Å². The summed E-state index contributed by atoms with van der Waals surface area (Å²) in [6.07, 6.45) is 1.42. The van der Waals surface area contributed by atoms with E-state index in [2.05, 4.69) is 0 Å². The maximum absolute atomic E-state index is 12.5. The summed E-state index contributed by atoms with van der Waals surface area (Å²) in [5.74, 6) is 0. The molecule has 0 spiro atoms. The molecule has 4 heteroatoms. The van der Waals surface area contributed by atoms with Crippen LogP contribution in [0.2, 0.25) is 0 Å². The van der Waals surface area contributed by atoms with Crippen molar-refractivity contribution in [2.24, 2.45) is 0 Å². The number of nitrogens with zero attached hydrogens (tertiary/aromatic N) is 1. The maximum Gasteiger partial charge on any atom is 0.118 e. The Kier molecular flexibility index (Phi) is 2.96. The third kappa shape index (κ3) is 2.03. The molecule has 0 saturated carbocycles. The smallest absolute Gasteiger partial charge is 0.118 e. The SMILES string of the molecule is O=P1(c2ccccc2)CCN(Cl)CC1. The van der Waals surface area contributed by atoms with Gasteiger partial charge in [-0.15, -0.1) is 0 Å². The first-order chi connectivity index (χ1) is 6.71. The molecule has 14 heavy (non-hydrogen) atoms. The lowest BCUT2D eigenvalue weighted by Crippen LogP contribution is -2.30. The highest BCUT2D eigenvalue weighted by Crippen LogP contribution is 2.46. The molecule has 0 atom stereocenters. The van der Waals surface area contributed by atoms with Gasteiger partial charge in [-0.05, 0) is 11.8 Å². The lowest BCUT2D eigenvalue weighted by molar-refractivity contribution is 0.478. The third-order valence-electron chi connectivity index (χ3n) is 2.63. The van der Waals surface area contributed by atoms with Crippen molar-refractivity contribution in [2.75, 3.05) is 25.4 Å². The van der Waals surface area contributed by atoms with E-state index in [1.165, 1.54) is 0 Å². The molecule has 1 aromatic rings. The van der Waals surface area contributed by atoms with E-state index < -0.39 is 7.14 Å². The van der Waals surface area contributed by atoms with Crippen LogP contribution in [0.25, 0.3) is 0 Å². The highest BCUT2D eigenvalue weighted by Gasteiger charge is 2.29. The summed E-state index contributed by atoms with van der Waals surface area (Å²) < 4.78 is 14.2. The minimum absolute atomic E-state index is 0.709. The number of hydrogen-bond donors (Lipinski definition) is 0. The van der Waals surface area contributed by atoms with Gasteiger partial charge in [-0.1, -0.05) is 30.3 Å². The molecular weight excluding hydrogens is 217 g/mol. The summed E-state index contributed by atoms with van der Waals surface area (Å²) in [7, 11) is -2.13. The average Bonchev–Trinajstić information content (AvgIpc) is 2.24. The summed E-state index contributed by atoms with van der Waals surface area (Å²) in [5.41, 5.74) is 0. The minimum atomic E-state index is -2.13. The Balaban J connectivity index is 2.22. The molecule has 0 aliphatic carbocycles. The Hall–Kier alpha value is -0.300. The van der Waals surface area contributed by atoms with E-state index in [9.17, 15) is 4.57 Å². The fraction of sp³-hybridized carbons (Fsp3) is 0.400. The van der Waals surface area contributed by atoms with Crippen LogP contribution in [0.3, 0.4) is 0 Å². The molecule has 76 valence electrons. The Morgan fingerprint density at radius 1 is 1.14 bits per heavy atom. The molecule has 0 amide bonds. The lowest BCUT2D eigenvalue weighted by atomic mass is 10.4. The van der Waals surface area contributed by atoms with E-state index >= 15 is 0 Å². The molecule has 1 heterocycles. The Bertz CT molecular complexity index is 342. The normalized spacial score (nSPS) is 22.1. The lowest BCUT2D eigenvalue weighted by Gasteiger charge is -2.27. The first kappa shape index (κ1) is 10.2. The van der Waals surface area contributed by atoms with Crippen molar-refractivity contribution in [3.8, 4) is 0 Å². The second kappa shape index (κ2) is 4.06. The predicted octanol–water partition coefficient (Wildman–Crippen LogP) is 2.14. The fourth-order valence-electron chi connectivity index (χ4n) is 1.72. The molecule has 1 fully saturated rings. The van der Waals surface area contributed by atoms with Gasteiger partial charge in [0.1, 0.15) is 7.14 Å². The van der Waals surface area contributed by atoms with Crippen LogP contribution in [-0.4, -0.2) is 29.8 Å². The first-order valence-corrected chi connectivity index (χ1v) is 7.17. The van der Waals surface area contributed by atoms with Gasteiger partial charge in [0.05, 0.1) is 0 Å². The Morgan fingerprint density at radius 2 is 1.71 bits per heavy atom. The Labute approximate surface area is 89.3 Å². The summed E-state index contributed by atoms with van der Waals surface area (Å²) in [4.78, 5) is 0. The van der Waals surface area contributed by atoms with E-state index in [0.717, 1.165) is 18.4 Å². The van der Waals surface area contributed by atoms with E-state index in [1.54, 1.807) is 4.42 Å². The van der Waals surface area contributed by atoms with Crippen LogP contribution in [0.4, 0.5) is 0 Å². The van der Waals surface area contributed by atoms with Gasteiger partial charge in [0.15, 0.2) is 0 Å². The van der Waals surface area contributed by atoms with E-state index in [0.29, 0.717) is 12.3 Å². The molecular formula is C10H13ClNOP. The number of hydrogen-bond acceptors (Lipinski definition) is 2. The van der Waals surface area contributed by atoms with Crippen molar-refractivity contribution in [3.63, 3.8) is 0 Å². The number of benzene rings is 1. The second-order valence-electron chi connectivity index (χ2n) is 3.58. The van der Waals surface area contributed by atoms with Gasteiger partial charge in [0, 0.05) is 30.7 Å². The van der Waals surface area contributed by atoms with E-state index in [-0.39, 0.29) is 0 Å². The van der Waals surface area contributed by atoms with Crippen LogP contribution in [0.5, 0.6) is 0 Å². The molecule has 2 rings (SSSR count). The summed E-state index contributed by atoms with van der Waals surface area (Å²) >= 11 is 5.84. The molecule has 1 aliphatic heterocycles. The van der Waals surface area contributed by atoms with Crippen molar-refractivity contribution >= 4 is 24.2 Å². The van der Waals surface area contributed by atoms with Crippen LogP contribution in [0.15, 0.2) is 30.3 Å². The van der Waals surface area contributed by atoms with Gasteiger partial charge >= 0.3 is 0 Å². The predicted molar refractivity (Wildman–Crippen MR) is 60.8 cm³/mol. The molecule has 2 nitrogen and oxygen atoms in total. The second-order valence-corrected chi connectivity index (χ2v) is 7.25. The van der Waals surface area contributed by atoms with Crippen molar-refractivity contribution in [1.29, 1.82) is 0 Å². The van der Waals surface area contributed by atoms with Gasteiger partial charge in [-0.3, -0.25) is 0 Å². The average molecular weight is 230 g/mol. The highest BCUT2D eigenvalue weighted by molar-refractivity contribution is 7.71. The summed E-state index contributed by atoms with van der Waals surface area (Å²) in [6, 6.07) is 9.77. The number of rotatable bonds is 1. The highest BCUT2D eigenvalue weighted by atomic mass is 35.5. The largest absolute Gasteiger partial charge is 0.319 e. The molecule has 0 unspecified atom stereocenters. The summed E-state index contributed by atoms with van der Waals surface area (Å²) in [6.45, 7) is 1.46. The minimum Gasteiger partial charge on any atom is -0.319 e. The van der Waals surface area contributed by atoms with Gasteiger partial charge < -0.3 is 4.57 Å². The zero-order valence-electron chi connectivity index (χ0n) is 7.90. The summed E-state index contributed by atoms with van der Waals surface area (Å²) in [5, 5.41) is 1.00. The molecule has 0 bridgehead atoms.